The Bertz CT molecular complexity index is 897. The summed E-state index contributed by atoms with van der Waals surface area (Å²) in [6, 6.07) is 14.1. The predicted octanol–water partition coefficient (Wildman–Crippen LogP) is 3.28. The van der Waals surface area contributed by atoms with Crippen LogP contribution in [-0.4, -0.2) is 41.8 Å². The van der Waals surface area contributed by atoms with Gasteiger partial charge in [0.25, 0.3) is 0 Å². The van der Waals surface area contributed by atoms with Crippen molar-refractivity contribution in [2.24, 2.45) is 0 Å². The van der Waals surface area contributed by atoms with Crippen molar-refractivity contribution in [3.8, 4) is 11.1 Å². The van der Waals surface area contributed by atoms with Crippen LogP contribution in [-0.2, 0) is 14.3 Å². The molecule has 0 aromatic heterocycles. The van der Waals surface area contributed by atoms with Crippen molar-refractivity contribution in [2.45, 2.75) is 44.7 Å². The van der Waals surface area contributed by atoms with Gasteiger partial charge in [-0.1, -0.05) is 61.9 Å². The average Bonchev–Trinajstić information content (AvgIpc) is 3.05. The number of rotatable bonds is 8. The summed E-state index contributed by atoms with van der Waals surface area (Å²) in [5.74, 6) is -1.74. The summed E-state index contributed by atoms with van der Waals surface area (Å²) in [5, 5.41) is 14.1. The van der Waals surface area contributed by atoms with Gasteiger partial charge < -0.3 is 20.5 Å². The van der Waals surface area contributed by atoms with Crippen LogP contribution in [0.2, 0.25) is 0 Å². The van der Waals surface area contributed by atoms with Gasteiger partial charge >= 0.3 is 12.1 Å². The van der Waals surface area contributed by atoms with Crippen LogP contribution < -0.4 is 10.6 Å². The molecule has 1 aliphatic rings. The SMILES string of the molecule is CCC[C@H](NC(=O)[C@@H](C)NC(=O)OCC1c2ccccc2-c2ccccc21)C(=O)O. The number of amides is 2. The molecule has 0 fully saturated rings. The van der Waals surface area contributed by atoms with Crippen LogP contribution in [0.1, 0.15) is 43.7 Å². The fourth-order valence-electron chi connectivity index (χ4n) is 3.73. The second kappa shape index (κ2) is 9.43. The molecular formula is C23H26N2O5. The Morgan fingerprint density at radius 2 is 1.57 bits per heavy atom. The molecule has 0 unspecified atom stereocenters. The molecule has 0 bridgehead atoms. The third-order valence-corrected chi connectivity index (χ3v) is 5.26. The zero-order valence-corrected chi connectivity index (χ0v) is 17.1. The first-order valence-electron chi connectivity index (χ1n) is 10.1. The number of carboxylic acid groups (broad SMARTS) is 1. The predicted molar refractivity (Wildman–Crippen MR) is 112 cm³/mol. The number of carboxylic acids is 1. The van der Waals surface area contributed by atoms with Crippen LogP contribution in [0, 0.1) is 0 Å². The Kier molecular flexibility index (Phi) is 6.72. The summed E-state index contributed by atoms with van der Waals surface area (Å²) < 4.78 is 5.41. The lowest BCUT2D eigenvalue weighted by molar-refractivity contribution is -0.142. The largest absolute Gasteiger partial charge is 0.480 e. The summed E-state index contributed by atoms with van der Waals surface area (Å²) in [4.78, 5) is 35.7. The van der Waals surface area contributed by atoms with Gasteiger partial charge in [0.15, 0.2) is 0 Å². The molecule has 7 heteroatoms. The number of hydrogen-bond donors (Lipinski definition) is 3. The third kappa shape index (κ3) is 4.62. The second-order valence-corrected chi connectivity index (χ2v) is 7.38. The summed E-state index contributed by atoms with van der Waals surface area (Å²) in [7, 11) is 0. The fourth-order valence-corrected chi connectivity index (χ4v) is 3.73. The Balaban J connectivity index is 1.58. The minimum absolute atomic E-state index is 0.0757. The quantitative estimate of drug-likeness (QED) is 0.619. The number of carbonyl (C=O) groups is 3. The maximum absolute atomic E-state index is 12.3. The molecule has 7 nitrogen and oxygen atoms in total. The standard InChI is InChI=1S/C23H26N2O5/c1-3-8-20(22(27)28)25-21(26)14(2)24-23(29)30-13-19-17-11-6-4-9-15(17)16-10-5-7-12-18(16)19/h4-7,9-12,14,19-20H,3,8,13H2,1-2H3,(H,24,29)(H,25,26)(H,27,28)/t14-,20+/m1/s1. The summed E-state index contributed by atoms with van der Waals surface area (Å²) in [6.07, 6.45) is 0.214. The molecule has 2 amide bonds. The Labute approximate surface area is 175 Å². The molecule has 0 spiro atoms. The van der Waals surface area contributed by atoms with Crippen LogP contribution in [0.3, 0.4) is 0 Å². The normalized spacial score (nSPS) is 14.2. The molecule has 3 N–H and O–H groups in total. The van der Waals surface area contributed by atoms with E-state index in [-0.39, 0.29) is 12.5 Å². The van der Waals surface area contributed by atoms with E-state index in [9.17, 15) is 14.4 Å². The number of hydrogen-bond acceptors (Lipinski definition) is 4. The Morgan fingerprint density at radius 1 is 1.00 bits per heavy atom. The summed E-state index contributed by atoms with van der Waals surface area (Å²) >= 11 is 0. The van der Waals surface area contributed by atoms with Crippen molar-refractivity contribution in [3.63, 3.8) is 0 Å². The molecule has 0 saturated carbocycles. The van der Waals surface area contributed by atoms with Gasteiger partial charge in [0.05, 0.1) is 0 Å². The van der Waals surface area contributed by atoms with Gasteiger partial charge in [-0.3, -0.25) is 4.79 Å². The van der Waals surface area contributed by atoms with Gasteiger partial charge in [-0.05, 0) is 35.6 Å². The van der Waals surface area contributed by atoms with E-state index < -0.39 is 30.1 Å². The van der Waals surface area contributed by atoms with Gasteiger partial charge in [0, 0.05) is 5.92 Å². The first-order chi connectivity index (χ1) is 14.4. The van der Waals surface area contributed by atoms with Crippen molar-refractivity contribution < 1.29 is 24.2 Å². The van der Waals surface area contributed by atoms with Crippen LogP contribution in [0.15, 0.2) is 48.5 Å². The van der Waals surface area contributed by atoms with Crippen molar-refractivity contribution in [2.75, 3.05) is 6.61 Å². The lowest BCUT2D eigenvalue weighted by Gasteiger charge is -2.19. The van der Waals surface area contributed by atoms with Gasteiger partial charge in [-0.2, -0.15) is 0 Å². The number of ether oxygens (including phenoxy) is 1. The molecule has 0 heterocycles. The first kappa shape index (κ1) is 21.4. The van der Waals surface area contributed by atoms with Crippen LogP contribution >= 0.6 is 0 Å². The van der Waals surface area contributed by atoms with Crippen LogP contribution in [0.25, 0.3) is 11.1 Å². The minimum Gasteiger partial charge on any atom is -0.480 e. The van der Waals surface area contributed by atoms with E-state index in [1.807, 2.05) is 43.3 Å². The van der Waals surface area contributed by atoms with E-state index in [2.05, 4.69) is 22.8 Å². The molecular weight excluding hydrogens is 384 g/mol. The van der Waals surface area contributed by atoms with Crippen molar-refractivity contribution >= 4 is 18.0 Å². The molecule has 0 aliphatic heterocycles. The van der Waals surface area contributed by atoms with Crippen molar-refractivity contribution in [1.82, 2.24) is 10.6 Å². The lowest BCUT2D eigenvalue weighted by Crippen LogP contribution is -2.50. The molecule has 2 atom stereocenters. The fraction of sp³-hybridized carbons (Fsp3) is 0.348. The number of alkyl carbamates (subject to hydrolysis) is 1. The monoisotopic (exact) mass is 410 g/mol. The maximum atomic E-state index is 12.3. The van der Waals surface area contributed by atoms with E-state index in [4.69, 9.17) is 9.84 Å². The van der Waals surface area contributed by atoms with E-state index in [1.165, 1.54) is 6.92 Å². The minimum atomic E-state index is -1.10. The Morgan fingerprint density at radius 3 is 2.10 bits per heavy atom. The highest BCUT2D eigenvalue weighted by atomic mass is 16.5. The average molecular weight is 410 g/mol. The number of benzene rings is 2. The molecule has 3 rings (SSSR count). The van der Waals surface area contributed by atoms with Crippen molar-refractivity contribution in [1.29, 1.82) is 0 Å². The van der Waals surface area contributed by atoms with Crippen molar-refractivity contribution in [3.05, 3.63) is 59.7 Å². The number of aliphatic carboxylic acids is 1. The molecule has 0 radical (unpaired) electrons. The van der Waals surface area contributed by atoms with E-state index in [1.54, 1.807) is 0 Å². The van der Waals surface area contributed by atoms with E-state index in [0.717, 1.165) is 22.3 Å². The van der Waals surface area contributed by atoms with Gasteiger partial charge in [-0.15, -0.1) is 0 Å². The third-order valence-electron chi connectivity index (χ3n) is 5.26. The number of fused-ring (bicyclic) bond motifs is 3. The summed E-state index contributed by atoms with van der Waals surface area (Å²) in [5.41, 5.74) is 4.46. The zero-order valence-electron chi connectivity index (χ0n) is 17.1. The highest BCUT2D eigenvalue weighted by molar-refractivity contribution is 5.89. The Hall–Kier alpha value is -3.35. The van der Waals surface area contributed by atoms with E-state index >= 15 is 0 Å². The molecule has 2 aromatic carbocycles. The smallest absolute Gasteiger partial charge is 0.407 e. The van der Waals surface area contributed by atoms with Crippen LogP contribution in [0.5, 0.6) is 0 Å². The lowest BCUT2D eigenvalue weighted by atomic mass is 9.98. The molecule has 2 aromatic rings. The molecule has 158 valence electrons. The first-order valence-corrected chi connectivity index (χ1v) is 10.1. The van der Waals surface area contributed by atoms with Gasteiger partial charge in [0.1, 0.15) is 18.7 Å². The molecule has 30 heavy (non-hydrogen) atoms. The van der Waals surface area contributed by atoms with Gasteiger partial charge in [-0.25, -0.2) is 9.59 Å². The molecule has 1 aliphatic carbocycles. The number of nitrogens with one attached hydrogen (secondary N) is 2. The van der Waals surface area contributed by atoms with E-state index in [0.29, 0.717) is 12.8 Å². The molecule has 0 saturated heterocycles. The highest BCUT2D eigenvalue weighted by Crippen LogP contribution is 2.44. The maximum Gasteiger partial charge on any atom is 0.407 e. The zero-order chi connectivity index (χ0) is 21.7. The highest BCUT2D eigenvalue weighted by Gasteiger charge is 2.29. The van der Waals surface area contributed by atoms with Gasteiger partial charge in [0.2, 0.25) is 5.91 Å². The van der Waals surface area contributed by atoms with Crippen LogP contribution in [0.4, 0.5) is 4.79 Å². The second-order valence-electron chi connectivity index (χ2n) is 7.38. The number of carbonyl (C=O) groups excluding carboxylic acids is 2. The summed E-state index contributed by atoms with van der Waals surface area (Å²) in [6.45, 7) is 3.46. The topological polar surface area (TPSA) is 105 Å².